The van der Waals surface area contributed by atoms with Crippen molar-refractivity contribution in [3.05, 3.63) is 16.1 Å². The Morgan fingerprint density at radius 1 is 1.41 bits per heavy atom. The maximum Gasteiger partial charge on any atom is 0.0965 e. The molecule has 4 heteroatoms. The lowest BCUT2D eigenvalue weighted by Crippen LogP contribution is -2.16. The molecule has 0 amide bonds. The van der Waals surface area contributed by atoms with Gasteiger partial charge in [0.1, 0.15) is 0 Å². The van der Waals surface area contributed by atoms with Crippen LogP contribution in [-0.4, -0.2) is 18.7 Å². The van der Waals surface area contributed by atoms with Gasteiger partial charge in [0.2, 0.25) is 0 Å². The Hall–Kier alpha value is -0.450. The van der Waals surface area contributed by atoms with Gasteiger partial charge in [0.05, 0.1) is 23.4 Å². The summed E-state index contributed by atoms with van der Waals surface area (Å²) in [7, 11) is 1.68. The molecule has 1 heterocycles. The van der Waals surface area contributed by atoms with Gasteiger partial charge in [0.25, 0.3) is 0 Å². The Morgan fingerprint density at radius 3 is 2.59 bits per heavy atom. The Labute approximate surface area is 106 Å². The van der Waals surface area contributed by atoms with Gasteiger partial charge in [-0.25, -0.2) is 4.98 Å². The van der Waals surface area contributed by atoms with Crippen LogP contribution in [-0.2, 0) is 4.74 Å². The number of thiazole rings is 1. The molecule has 2 saturated carbocycles. The lowest BCUT2D eigenvalue weighted by Gasteiger charge is -2.12. The first kappa shape index (κ1) is 11.6. The molecule has 17 heavy (non-hydrogen) atoms. The normalized spacial score (nSPS) is 22.1. The fourth-order valence-electron chi connectivity index (χ4n) is 2.59. The van der Waals surface area contributed by atoms with Gasteiger partial charge >= 0.3 is 0 Å². The summed E-state index contributed by atoms with van der Waals surface area (Å²) in [6, 6.07) is -0.0657. The quantitative estimate of drug-likeness (QED) is 0.846. The summed E-state index contributed by atoms with van der Waals surface area (Å²) in [5.41, 5.74) is 7.03. The van der Waals surface area contributed by atoms with E-state index in [1.54, 1.807) is 18.4 Å². The molecular formula is C13H20N2OS. The Balaban J connectivity index is 1.73. The van der Waals surface area contributed by atoms with Gasteiger partial charge in [-0.2, -0.15) is 0 Å². The highest BCUT2D eigenvalue weighted by molar-refractivity contribution is 7.09. The fraction of sp³-hybridized carbons (Fsp3) is 0.769. The minimum absolute atomic E-state index is 0.0657. The smallest absolute Gasteiger partial charge is 0.0965 e. The van der Waals surface area contributed by atoms with E-state index in [4.69, 9.17) is 15.5 Å². The minimum atomic E-state index is -0.0657. The molecule has 0 spiro atoms. The SMILES string of the molecule is COCC(N)c1csc(C(C2CC2)C2CC2)n1. The molecule has 3 nitrogen and oxygen atoms in total. The molecule has 2 N–H and O–H groups in total. The van der Waals surface area contributed by atoms with E-state index in [0.717, 1.165) is 23.4 Å². The van der Waals surface area contributed by atoms with E-state index >= 15 is 0 Å². The Bertz CT molecular complexity index is 373. The Morgan fingerprint density at radius 2 is 2.06 bits per heavy atom. The predicted molar refractivity (Wildman–Crippen MR) is 69.1 cm³/mol. The van der Waals surface area contributed by atoms with Crippen LogP contribution < -0.4 is 5.73 Å². The zero-order valence-corrected chi connectivity index (χ0v) is 11.1. The van der Waals surface area contributed by atoms with Crippen molar-refractivity contribution < 1.29 is 4.74 Å². The number of hydrogen-bond donors (Lipinski definition) is 1. The summed E-state index contributed by atoms with van der Waals surface area (Å²) in [5.74, 6) is 2.57. The average Bonchev–Trinajstić information content (AvgIpc) is 3.21. The molecule has 0 aliphatic heterocycles. The second-order valence-electron chi connectivity index (χ2n) is 5.37. The summed E-state index contributed by atoms with van der Waals surface area (Å²) >= 11 is 1.80. The molecule has 3 rings (SSSR count). The van der Waals surface area contributed by atoms with Crippen molar-refractivity contribution in [2.75, 3.05) is 13.7 Å². The number of rotatable bonds is 6. The molecule has 1 unspecified atom stereocenters. The monoisotopic (exact) mass is 252 g/mol. The van der Waals surface area contributed by atoms with Crippen LogP contribution >= 0.6 is 11.3 Å². The lowest BCUT2D eigenvalue weighted by atomic mass is 9.99. The number of nitrogens with two attached hydrogens (primary N) is 1. The highest BCUT2D eigenvalue weighted by Gasteiger charge is 2.43. The van der Waals surface area contributed by atoms with Gasteiger partial charge in [-0.15, -0.1) is 11.3 Å². The maximum absolute atomic E-state index is 6.02. The highest BCUT2D eigenvalue weighted by Crippen LogP contribution is 2.55. The molecule has 94 valence electrons. The summed E-state index contributed by atoms with van der Waals surface area (Å²) in [5, 5.41) is 3.45. The van der Waals surface area contributed by atoms with Crippen molar-refractivity contribution in [2.24, 2.45) is 17.6 Å². The Kier molecular flexibility index (Phi) is 3.19. The third kappa shape index (κ3) is 2.54. The van der Waals surface area contributed by atoms with E-state index in [1.165, 1.54) is 30.7 Å². The van der Waals surface area contributed by atoms with E-state index in [2.05, 4.69) is 5.38 Å². The van der Waals surface area contributed by atoms with Crippen molar-refractivity contribution in [1.29, 1.82) is 0 Å². The molecule has 2 fully saturated rings. The zero-order valence-electron chi connectivity index (χ0n) is 10.3. The van der Waals surface area contributed by atoms with Crippen LogP contribution in [0.3, 0.4) is 0 Å². The second kappa shape index (κ2) is 4.67. The summed E-state index contributed by atoms with van der Waals surface area (Å²) in [6.07, 6.45) is 5.61. The maximum atomic E-state index is 6.02. The summed E-state index contributed by atoms with van der Waals surface area (Å²) in [4.78, 5) is 4.77. The number of methoxy groups -OCH3 is 1. The number of nitrogens with zero attached hydrogens (tertiary/aromatic N) is 1. The molecule has 2 aliphatic carbocycles. The molecule has 0 saturated heterocycles. The first-order valence-corrected chi connectivity index (χ1v) is 7.37. The van der Waals surface area contributed by atoms with Crippen LogP contribution in [0.4, 0.5) is 0 Å². The van der Waals surface area contributed by atoms with Gasteiger partial charge in [0, 0.05) is 18.4 Å². The highest BCUT2D eigenvalue weighted by atomic mass is 32.1. The molecular weight excluding hydrogens is 232 g/mol. The molecule has 0 radical (unpaired) electrons. The average molecular weight is 252 g/mol. The van der Waals surface area contributed by atoms with Crippen molar-refractivity contribution in [3.63, 3.8) is 0 Å². The van der Waals surface area contributed by atoms with Crippen LogP contribution in [0.1, 0.15) is 48.3 Å². The van der Waals surface area contributed by atoms with Gasteiger partial charge in [-0.1, -0.05) is 0 Å². The van der Waals surface area contributed by atoms with Crippen molar-refractivity contribution in [1.82, 2.24) is 4.98 Å². The summed E-state index contributed by atoms with van der Waals surface area (Å²) < 4.78 is 5.09. The summed E-state index contributed by atoms with van der Waals surface area (Å²) in [6.45, 7) is 0.556. The van der Waals surface area contributed by atoms with Crippen molar-refractivity contribution in [3.8, 4) is 0 Å². The lowest BCUT2D eigenvalue weighted by molar-refractivity contribution is 0.179. The number of hydrogen-bond acceptors (Lipinski definition) is 4. The minimum Gasteiger partial charge on any atom is -0.383 e. The largest absolute Gasteiger partial charge is 0.383 e. The fourth-order valence-corrected chi connectivity index (χ4v) is 3.76. The predicted octanol–water partition coefficient (Wildman–Crippen LogP) is 2.69. The molecule has 1 aromatic rings. The van der Waals surface area contributed by atoms with Gasteiger partial charge in [0.15, 0.2) is 0 Å². The molecule has 0 aromatic carbocycles. The number of aromatic nitrogens is 1. The van der Waals surface area contributed by atoms with E-state index in [0.29, 0.717) is 6.61 Å². The van der Waals surface area contributed by atoms with E-state index in [1.807, 2.05) is 0 Å². The van der Waals surface area contributed by atoms with Crippen LogP contribution in [0, 0.1) is 11.8 Å². The molecule has 2 aliphatic rings. The topological polar surface area (TPSA) is 48.1 Å². The van der Waals surface area contributed by atoms with Crippen LogP contribution in [0.2, 0.25) is 0 Å². The van der Waals surface area contributed by atoms with Gasteiger partial charge in [-0.05, 0) is 37.5 Å². The third-order valence-corrected chi connectivity index (χ3v) is 4.78. The van der Waals surface area contributed by atoms with Crippen LogP contribution in [0.5, 0.6) is 0 Å². The van der Waals surface area contributed by atoms with E-state index < -0.39 is 0 Å². The van der Waals surface area contributed by atoms with Crippen molar-refractivity contribution >= 4 is 11.3 Å². The van der Waals surface area contributed by atoms with Crippen LogP contribution in [0.15, 0.2) is 5.38 Å². The molecule has 1 atom stereocenters. The number of ether oxygens (including phenoxy) is 1. The zero-order chi connectivity index (χ0) is 11.8. The molecule has 1 aromatic heterocycles. The van der Waals surface area contributed by atoms with Gasteiger partial charge < -0.3 is 10.5 Å². The first-order chi connectivity index (χ1) is 8.29. The van der Waals surface area contributed by atoms with E-state index in [9.17, 15) is 0 Å². The standard InChI is InChI=1S/C13H20N2OS/c1-16-6-10(14)11-7-17-13(15-11)12(8-2-3-8)9-4-5-9/h7-10,12H,2-6,14H2,1H3. The van der Waals surface area contributed by atoms with Gasteiger partial charge in [-0.3, -0.25) is 0 Å². The second-order valence-corrected chi connectivity index (χ2v) is 6.26. The first-order valence-electron chi connectivity index (χ1n) is 6.49. The van der Waals surface area contributed by atoms with Crippen LogP contribution in [0.25, 0.3) is 0 Å². The van der Waals surface area contributed by atoms with Crippen molar-refractivity contribution in [2.45, 2.75) is 37.6 Å². The van der Waals surface area contributed by atoms with E-state index in [-0.39, 0.29) is 6.04 Å². The third-order valence-electron chi connectivity index (χ3n) is 3.81. The molecule has 0 bridgehead atoms.